The minimum atomic E-state index is 0.509. The smallest absolute Gasteiger partial charge is 0.113 e. The van der Waals surface area contributed by atoms with Crippen LogP contribution in [-0.4, -0.2) is 6.10 Å². The van der Waals surface area contributed by atoms with E-state index in [0.717, 1.165) is 6.42 Å². The Kier molecular flexibility index (Phi) is 0.618. The van der Waals surface area contributed by atoms with Gasteiger partial charge in [-0.15, -0.1) is 0 Å². The maximum atomic E-state index is 4.73. The van der Waals surface area contributed by atoms with Gasteiger partial charge in [-0.05, 0) is 6.42 Å². The van der Waals surface area contributed by atoms with Crippen LogP contribution in [0.1, 0.15) is 13.3 Å². The standard InChI is InChI=1S/C4H7O/c1-2-4-3-5-4/h3-4H,2H2,1H3. The molecular formula is C4H7O. The Morgan fingerprint density at radius 1 is 2.00 bits per heavy atom. The normalized spacial score (nSPS) is 34.2. The first-order valence-electron chi connectivity index (χ1n) is 1.92. The zero-order valence-corrected chi connectivity index (χ0v) is 3.27. The molecule has 0 saturated carbocycles. The van der Waals surface area contributed by atoms with Gasteiger partial charge < -0.3 is 4.74 Å². The van der Waals surface area contributed by atoms with E-state index in [2.05, 4.69) is 6.92 Å². The van der Waals surface area contributed by atoms with Crippen LogP contribution in [0.5, 0.6) is 0 Å². The highest BCUT2D eigenvalue weighted by atomic mass is 16.6. The number of ether oxygens (including phenoxy) is 1. The van der Waals surface area contributed by atoms with Crippen molar-refractivity contribution < 1.29 is 4.74 Å². The summed E-state index contributed by atoms with van der Waals surface area (Å²) in [6.07, 6.45) is 1.65. The zero-order chi connectivity index (χ0) is 3.70. The Bertz CT molecular complexity index is 30.6. The molecule has 0 aromatic heterocycles. The van der Waals surface area contributed by atoms with Crippen LogP contribution in [0, 0.1) is 6.61 Å². The predicted octanol–water partition coefficient (Wildman–Crippen LogP) is 0.957. The summed E-state index contributed by atoms with van der Waals surface area (Å²) in [5.41, 5.74) is 0. The highest BCUT2D eigenvalue weighted by Gasteiger charge is 2.19. The lowest BCUT2D eigenvalue weighted by Gasteiger charge is -1.69. The average molecular weight is 71.1 g/mol. The summed E-state index contributed by atoms with van der Waals surface area (Å²) < 4.78 is 4.73. The molecule has 1 radical (unpaired) electrons. The van der Waals surface area contributed by atoms with E-state index in [0.29, 0.717) is 6.10 Å². The SMILES string of the molecule is CCC1[CH]O1. The Hall–Kier alpha value is -0.0400. The number of epoxide rings is 1. The summed E-state index contributed by atoms with van der Waals surface area (Å²) in [5.74, 6) is 0. The molecule has 0 bridgehead atoms. The molecule has 0 N–H and O–H groups in total. The maximum absolute atomic E-state index is 4.73. The van der Waals surface area contributed by atoms with Crippen molar-refractivity contribution in [3.8, 4) is 0 Å². The summed E-state index contributed by atoms with van der Waals surface area (Å²) in [5, 5.41) is 0. The minimum Gasteiger partial charge on any atom is -0.367 e. The molecule has 1 aliphatic heterocycles. The van der Waals surface area contributed by atoms with Crippen LogP contribution in [0.2, 0.25) is 0 Å². The lowest BCUT2D eigenvalue weighted by molar-refractivity contribution is 0.419. The number of hydrogen-bond donors (Lipinski definition) is 0. The molecule has 1 aliphatic rings. The molecule has 1 nitrogen and oxygen atoms in total. The topological polar surface area (TPSA) is 12.5 Å². The summed E-state index contributed by atoms with van der Waals surface area (Å²) in [6.45, 7) is 3.95. The Morgan fingerprint density at radius 3 is 2.60 bits per heavy atom. The first kappa shape index (κ1) is 3.16. The van der Waals surface area contributed by atoms with Crippen molar-refractivity contribution in [3.63, 3.8) is 0 Å². The third-order valence-corrected chi connectivity index (χ3v) is 0.731. The van der Waals surface area contributed by atoms with Crippen molar-refractivity contribution in [1.29, 1.82) is 0 Å². The molecule has 0 aromatic carbocycles. The molecule has 0 amide bonds. The molecule has 1 atom stereocenters. The van der Waals surface area contributed by atoms with Crippen molar-refractivity contribution in [1.82, 2.24) is 0 Å². The molecular weight excluding hydrogens is 64.0 g/mol. The van der Waals surface area contributed by atoms with Crippen LogP contribution in [-0.2, 0) is 4.74 Å². The third-order valence-electron chi connectivity index (χ3n) is 0.731. The van der Waals surface area contributed by atoms with Crippen LogP contribution in [0.25, 0.3) is 0 Å². The predicted molar refractivity (Wildman–Crippen MR) is 19.5 cm³/mol. The Morgan fingerprint density at radius 2 is 2.60 bits per heavy atom. The van der Waals surface area contributed by atoms with Gasteiger partial charge in [-0.1, -0.05) is 6.92 Å². The summed E-state index contributed by atoms with van der Waals surface area (Å²) >= 11 is 0. The van der Waals surface area contributed by atoms with Gasteiger partial charge in [0.25, 0.3) is 0 Å². The van der Waals surface area contributed by atoms with Gasteiger partial charge in [0.1, 0.15) is 6.61 Å². The fourth-order valence-corrected chi connectivity index (χ4v) is 0.248. The van der Waals surface area contributed by atoms with E-state index in [-0.39, 0.29) is 0 Å². The van der Waals surface area contributed by atoms with Crippen LogP contribution in [0.15, 0.2) is 0 Å². The highest BCUT2D eigenvalue weighted by Crippen LogP contribution is 2.17. The molecule has 1 saturated heterocycles. The molecule has 1 fully saturated rings. The van der Waals surface area contributed by atoms with Crippen molar-refractivity contribution in [2.24, 2.45) is 0 Å². The second-order valence-corrected chi connectivity index (χ2v) is 1.22. The average Bonchev–Trinajstić information content (AvgIpc) is 2.12. The quantitative estimate of drug-likeness (QED) is 0.419. The van der Waals surface area contributed by atoms with Crippen LogP contribution in [0.4, 0.5) is 0 Å². The Labute approximate surface area is 31.9 Å². The van der Waals surface area contributed by atoms with E-state index in [4.69, 9.17) is 4.74 Å². The first-order chi connectivity index (χ1) is 2.43. The molecule has 1 heterocycles. The van der Waals surface area contributed by atoms with Gasteiger partial charge in [0.05, 0.1) is 6.10 Å². The summed E-state index contributed by atoms with van der Waals surface area (Å²) in [4.78, 5) is 0. The van der Waals surface area contributed by atoms with Crippen molar-refractivity contribution in [3.05, 3.63) is 6.61 Å². The van der Waals surface area contributed by atoms with Crippen molar-refractivity contribution >= 4 is 0 Å². The van der Waals surface area contributed by atoms with E-state index in [1.165, 1.54) is 0 Å². The first-order valence-corrected chi connectivity index (χ1v) is 1.92. The van der Waals surface area contributed by atoms with Crippen molar-refractivity contribution in [2.45, 2.75) is 19.4 Å². The minimum absolute atomic E-state index is 0.509. The maximum Gasteiger partial charge on any atom is 0.113 e. The van der Waals surface area contributed by atoms with Crippen LogP contribution < -0.4 is 0 Å². The second-order valence-electron chi connectivity index (χ2n) is 1.22. The molecule has 0 aliphatic carbocycles. The Balaban J connectivity index is 2.00. The van der Waals surface area contributed by atoms with Crippen LogP contribution >= 0.6 is 0 Å². The highest BCUT2D eigenvalue weighted by molar-refractivity contribution is 4.80. The zero-order valence-electron chi connectivity index (χ0n) is 3.27. The van der Waals surface area contributed by atoms with E-state index in [9.17, 15) is 0 Å². The summed E-state index contributed by atoms with van der Waals surface area (Å²) in [6, 6.07) is 0. The van der Waals surface area contributed by atoms with Gasteiger partial charge in [0, 0.05) is 0 Å². The van der Waals surface area contributed by atoms with Gasteiger partial charge in [0.2, 0.25) is 0 Å². The van der Waals surface area contributed by atoms with Crippen LogP contribution in [0.3, 0.4) is 0 Å². The molecule has 1 unspecified atom stereocenters. The summed E-state index contributed by atoms with van der Waals surface area (Å²) in [7, 11) is 0. The molecule has 5 heavy (non-hydrogen) atoms. The lowest BCUT2D eigenvalue weighted by atomic mass is 10.4. The largest absolute Gasteiger partial charge is 0.367 e. The van der Waals surface area contributed by atoms with Gasteiger partial charge in [0.15, 0.2) is 0 Å². The van der Waals surface area contributed by atoms with Gasteiger partial charge >= 0.3 is 0 Å². The van der Waals surface area contributed by atoms with E-state index < -0.39 is 0 Å². The van der Waals surface area contributed by atoms with Crippen molar-refractivity contribution in [2.75, 3.05) is 0 Å². The van der Waals surface area contributed by atoms with Gasteiger partial charge in [-0.2, -0.15) is 0 Å². The van der Waals surface area contributed by atoms with E-state index >= 15 is 0 Å². The fraction of sp³-hybridized carbons (Fsp3) is 0.750. The molecule has 1 heteroatoms. The van der Waals surface area contributed by atoms with E-state index in [1.54, 1.807) is 0 Å². The second kappa shape index (κ2) is 0.977. The number of rotatable bonds is 1. The van der Waals surface area contributed by atoms with E-state index in [1.807, 2.05) is 6.61 Å². The monoisotopic (exact) mass is 71.0 g/mol. The third kappa shape index (κ3) is 0.618. The molecule has 0 spiro atoms. The lowest BCUT2D eigenvalue weighted by Crippen LogP contribution is -1.71. The molecule has 29 valence electrons. The molecule has 1 rings (SSSR count). The number of hydrogen-bond acceptors (Lipinski definition) is 1. The van der Waals surface area contributed by atoms with Gasteiger partial charge in [-0.25, -0.2) is 0 Å². The van der Waals surface area contributed by atoms with Gasteiger partial charge in [-0.3, -0.25) is 0 Å². The molecule has 0 aromatic rings. The fourth-order valence-electron chi connectivity index (χ4n) is 0.248.